The Morgan fingerprint density at radius 1 is 1.29 bits per heavy atom. The van der Waals surface area contributed by atoms with Gasteiger partial charge in [-0.15, -0.1) is 0 Å². The fourth-order valence-corrected chi connectivity index (χ4v) is 1.95. The summed E-state index contributed by atoms with van der Waals surface area (Å²) in [7, 11) is 0. The molecule has 114 valence electrons. The van der Waals surface area contributed by atoms with E-state index < -0.39 is 0 Å². The number of hydrogen-bond acceptors (Lipinski definition) is 4. The molecule has 2 rings (SSSR count). The number of aryl methyl sites for hydroxylation is 1. The van der Waals surface area contributed by atoms with Crippen LogP contribution in [0.2, 0.25) is 0 Å². The van der Waals surface area contributed by atoms with Crippen molar-refractivity contribution in [3.05, 3.63) is 47.1 Å². The van der Waals surface area contributed by atoms with E-state index in [1.807, 2.05) is 13.0 Å². The smallest absolute Gasteiger partial charge is 0.174 e. The van der Waals surface area contributed by atoms with E-state index in [2.05, 4.69) is 24.3 Å². The molecule has 2 aromatic rings. The molecule has 0 aliphatic carbocycles. The number of nitrogens with zero attached hydrogens (tertiary/aromatic N) is 1. The first kappa shape index (κ1) is 15.5. The second-order valence-corrected chi connectivity index (χ2v) is 5.54. The minimum atomic E-state index is -0.303. The Morgan fingerprint density at radius 3 is 2.76 bits per heavy atom. The summed E-state index contributed by atoms with van der Waals surface area (Å²) in [5.74, 6) is 1.37. The maximum absolute atomic E-state index is 13.6. The molecule has 21 heavy (non-hydrogen) atoms. The molecule has 0 aliphatic rings. The summed E-state index contributed by atoms with van der Waals surface area (Å²) < 4.78 is 24.2. The van der Waals surface area contributed by atoms with Crippen LogP contribution in [0.25, 0.3) is 0 Å². The Kier molecular flexibility index (Phi) is 5.33. The molecule has 0 aliphatic heterocycles. The second kappa shape index (κ2) is 7.22. The number of benzene rings is 1. The highest BCUT2D eigenvalue weighted by Gasteiger charge is 2.05. The van der Waals surface area contributed by atoms with Crippen molar-refractivity contribution in [3.8, 4) is 5.75 Å². The lowest BCUT2D eigenvalue weighted by Crippen LogP contribution is -2.19. The van der Waals surface area contributed by atoms with E-state index in [0.717, 1.165) is 17.8 Å². The van der Waals surface area contributed by atoms with E-state index in [4.69, 9.17) is 9.26 Å². The lowest BCUT2D eigenvalue weighted by molar-refractivity contribution is 0.247. The Bertz CT molecular complexity index is 581. The molecule has 0 saturated heterocycles. The van der Waals surface area contributed by atoms with Gasteiger partial charge >= 0.3 is 0 Å². The first-order chi connectivity index (χ1) is 10.0. The van der Waals surface area contributed by atoms with Crippen LogP contribution in [-0.2, 0) is 13.2 Å². The molecule has 5 heteroatoms. The van der Waals surface area contributed by atoms with Crippen LogP contribution in [0.15, 0.2) is 28.8 Å². The molecule has 0 unspecified atom stereocenters. The first-order valence-corrected chi connectivity index (χ1v) is 7.08. The van der Waals surface area contributed by atoms with E-state index in [0.29, 0.717) is 24.0 Å². The van der Waals surface area contributed by atoms with Gasteiger partial charge in [0.15, 0.2) is 5.76 Å². The molecule has 0 bridgehead atoms. The van der Waals surface area contributed by atoms with Crippen molar-refractivity contribution < 1.29 is 13.7 Å². The number of aromatic nitrogens is 1. The van der Waals surface area contributed by atoms with Crippen LogP contribution in [0.4, 0.5) is 4.39 Å². The van der Waals surface area contributed by atoms with Crippen LogP contribution in [0.1, 0.15) is 30.9 Å². The molecular formula is C16H21FN2O2. The molecular weight excluding hydrogens is 271 g/mol. The highest BCUT2D eigenvalue weighted by molar-refractivity contribution is 5.29. The fraction of sp³-hybridized carbons (Fsp3) is 0.438. The SMILES string of the molecule is Cc1cc(COc2cc(F)cc(CNCC(C)C)c2)on1. The Hall–Kier alpha value is -1.88. The first-order valence-electron chi connectivity index (χ1n) is 7.08. The third-order valence-electron chi connectivity index (χ3n) is 2.87. The minimum Gasteiger partial charge on any atom is -0.485 e. The lowest BCUT2D eigenvalue weighted by Gasteiger charge is -2.10. The van der Waals surface area contributed by atoms with Gasteiger partial charge in [-0.3, -0.25) is 0 Å². The van der Waals surface area contributed by atoms with Crippen LogP contribution in [0, 0.1) is 18.7 Å². The summed E-state index contributed by atoms with van der Waals surface area (Å²) in [5.41, 5.74) is 1.66. The average molecular weight is 292 g/mol. The highest BCUT2D eigenvalue weighted by Crippen LogP contribution is 2.18. The zero-order valence-electron chi connectivity index (χ0n) is 12.6. The van der Waals surface area contributed by atoms with Gasteiger partial charge in [0, 0.05) is 18.7 Å². The van der Waals surface area contributed by atoms with Crippen molar-refractivity contribution in [1.29, 1.82) is 0 Å². The van der Waals surface area contributed by atoms with Crippen LogP contribution in [0.5, 0.6) is 5.75 Å². The second-order valence-electron chi connectivity index (χ2n) is 5.54. The lowest BCUT2D eigenvalue weighted by atomic mass is 10.2. The number of rotatable bonds is 7. The monoisotopic (exact) mass is 292 g/mol. The van der Waals surface area contributed by atoms with Gasteiger partial charge in [-0.2, -0.15) is 0 Å². The van der Waals surface area contributed by atoms with E-state index in [9.17, 15) is 4.39 Å². The largest absolute Gasteiger partial charge is 0.485 e. The highest BCUT2D eigenvalue weighted by atomic mass is 19.1. The van der Waals surface area contributed by atoms with Crippen molar-refractivity contribution in [2.45, 2.75) is 33.9 Å². The standard InChI is InChI=1S/C16H21FN2O2/c1-11(2)8-18-9-13-5-14(17)7-15(6-13)20-10-16-4-12(3)19-21-16/h4-7,11,18H,8-10H2,1-3H3. The normalized spacial score (nSPS) is 11.1. The van der Waals surface area contributed by atoms with Gasteiger partial charge < -0.3 is 14.6 Å². The Morgan fingerprint density at radius 2 is 2.10 bits per heavy atom. The average Bonchev–Trinajstić information content (AvgIpc) is 2.81. The summed E-state index contributed by atoms with van der Waals surface area (Å²) in [4.78, 5) is 0. The topological polar surface area (TPSA) is 47.3 Å². The van der Waals surface area contributed by atoms with Crippen LogP contribution in [0.3, 0.4) is 0 Å². The maximum atomic E-state index is 13.6. The summed E-state index contributed by atoms with van der Waals surface area (Å²) in [6, 6.07) is 6.51. The summed E-state index contributed by atoms with van der Waals surface area (Å²) >= 11 is 0. The van der Waals surface area contributed by atoms with Gasteiger partial charge in [-0.25, -0.2) is 4.39 Å². The van der Waals surface area contributed by atoms with E-state index in [1.54, 1.807) is 6.07 Å². The van der Waals surface area contributed by atoms with Crippen LogP contribution in [-0.4, -0.2) is 11.7 Å². The third-order valence-corrected chi connectivity index (χ3v) is 2.87. The fourth-order valence-electron chi connectivity index (χ4n) is 1.95. The molecule has 0 saturated carbocycles. The quantitative estimate of drug-likeness (QED) is 0.849. The third kappa shape index (κ3) is 5.19. The van der Waals surface area contributed by atoms with Gasteiger partial charge in [0.1, 0.15) is 18.2 Å². The number of ether oxygens (including phenoxy) is 1. The van der Waals surface area contributed by atoms with Crippen LogP contribution < -0.4 is 10.1 Å². The predicted octanol–water partition coefficient (Wildman–Crippen LogP) is 3.45. The molecule has 1 aromatic heterocycles. The van der Waals surface area contributed by atoms with Crippen molar-refractivity contribution in [2.75, 3.05) is 6.54 Å². The summed E-state index contributed by atoms with van der Waals surface area (Å²) in [6.45, 7) is 7.85. The zero-order chi connectivity index (χ0) is 15.2. The van der Waals surface area contributed by atoms with E-state index in [-0.39, 0.29) is 12.4 Å². The molecule has 0 fully saturated rings. The molecule has 4 nitrogen and oxygen atoms in total. The maximum Gasteiger partial charge on any atom is 0.174 e. The molecule has 0 atom stereocenters. The molecule has 0 spiro atoms. The predicted molar refractivity (Wildman–Crippen MR) is 78.5 cm³/mol. The Balaban J connectivity index is 1.94. The van der Waals surface area contributed by atoms with Gasteiger partial charge in [-0.05, 0) is 37.1 Å². The summed E-state index contributed by atoms with van der Waals surface area (Å²) in [5, 5.41) is 7.06. The van der Waals surface area contributed by atoms with Gasteiger partial charge in [-0.1, -0.05) is 19.0 Å². The summed E-state index contributed by atoms with van der Waals surface area (Å²) in [6.07, 6.45) is 0. The number of hydrogen-bond donors (Lipinski definition) is 1. The number of nitrogens with one attached hydrogen (secondary N) is 1. The van der Waals surface area contributed by atoms with Crippen LogP contribution >= 0.6 is 0 Å². The molecule has 1 heterocycles. The van der Waals surface area contributed by atoms with E-state index in [1.165, 1.54) is 12.1 Å². The van der Waals surface area contributed by atoms with E-state index >= 15 is 0 Å². The molecule has 1 aromatic carbocycles. The zero-order valence-corrected chi connectivity index (χ0v) is 12.6. The molecule has 1 N–H and O–H groups in total. The van der Waals surface area contributed by atoms with Crippen molar-refractivity contribution in [1.82, 2.24) is 10.5 Å². The number of halogens is 1. The van der Waals surface area contributed by atoms with Gasteiger partial charge in [0.25, 0.3) is 0 Å². The van der Waals surface area contributed by atoms with Gasteiger partial charge in [0.2, 0.25) is 0 Å². The Labute approximate surface area is 124 Å². The molecule has 0 amide bonds. The van der Waals surface area contributed by atoms with Crippen molar-refractivity contribution in [2.24, 2.45) is 5.92 Å². The van der Waals surface area contributed by atoms with Crippen molar-refractivity contribution >= 4 is 0 Å². The van der Waals surface area contributed by atoms with Gasteiger partial charge in [0.05, 0.1) is 5.69 Å². The minimum absolute atomic E-state index is 0.239. The molecule has 0 radical (unpaired) electrons. The van der Waals surface area contributed by atoms with Crippen molar-refractivity contribution in [3.63, 3.8) is 0 Å².